The maximum atomic E-state index is 9.46. The highest BCUT2D eigenvalue weighted by atomic mass is 32.1. The topological polar surface area (TPSA) is 54.0 Å². The van der Waals surface area contributed by atoms with Gasteiger partial charge in [-0.15, -0.1) is 11.3 Å². The molecule has 0 saturated carbocycles. The normalized spacial score (nSPS) is 10.8. The highest BCUT2D eigenvalue weighted by Gasteiger charge is 2.18. The fourth-order valence-electron chi connectivity index (χ4n) is 2.15. The van der Waals surface area contributed by atoms with Crippen molar-refractivity contribution in [3.63, 3.8) is 0 Å². The van der Waals surface area contributed by atoms with Gasteiger partial charge in [-0.05, 0) is 11.4 Å². The molecule has 21 heavy (non-hydrogen) atoms. The zero-order valence-corrected chi connectivity index (χ0v) is 12.4. The molecule has 4 nitrogen and oxygen atoms in total. The second kappa shape index (κ2) is 4.81. The molecule has 0 radical (unpaired) electrons. The van der Waals surface area contributed by atoms with Gasteiger partial charge in [-0.25, -0.2) is 4.98 Å². The Kier molecular flexibility index (Phi) is 2.81. The van der Waals surface area contributed by atoms with Crippen molar-refractivity contribution in [1.82, 2.24) is 14.6 Å². The molecule has 3 aromatic heterocycles. The number of benzene rings is 1. The van der Waals surface area contributed by atoms with Crippen molar-refractivity contribution in [2.75, 3.05) is 0 Å². The first kappa shape index (κ1) is 12.3. The minimum absolute atomic E-state index is 0.482. The van der Waals surface area contributed by atoms with E-state index in [1.54, 1.807) is 15.9 Å². The van der Waals surface area contributed by atoms with Crippen molar-refractivity contribution >= 4 is 27.6 Å². The standard InChI is InChI=1S/C15H8N4S2/c16-9-11-13(10-5-2-1-3-6-10)17-15-19(11)18-14(21-15)12-7-4-8-20-12/h1-8H. The summed E-state index contributed by atoms with van der Waals surface area (Å²) in [5.41, 5.74) is 2.11. The minimum Gasteiger partial charge on any atom is -0.216 e. The lowest BCUT2D eigenvalue weighted by Gasteiger charge is -1.96. The molecule has 0 fully saturated rings. The summed E-state index contributed by atoms with van der Waals surface area (Å²) in [5, 5.41) is 16.9. The van der Waals surface area contributed by atoms with E-state index in [9.17, 15) is 5.26 Å². The lowest BCUT2D eigenvalue weighted by atomic mass is 10.1. The predicted molar refractivity (Wildman–Crippen MR) is 84.3 cm³/mol. The van der Waals surface area contributed by atoms with Gasteiger partial charge in [-0.2, -0.15) is 14.9 Å². The third kappa shape index (κ3) is 1.95. The monoisotopic (exact) mass is 308 g/mol. The van der Waals surface area contributed by atoms with Crippen LogP contribution in [0, 0.1) is 11.3 Å². The fourth-order valence-corrected chi connectivity index (χ4v) is 3.84. The number of rotatable bonds is 2. The van der Waals surface area contributed by atoms with Crippen LogP contribution >= 0.6 is 22.7 Å². The smallest absolute Gasteiger partial charge is 0.214 e. The number of fused-ring (bicyclic) bond motifs is 1. The number of hydrogen-bond acceptors (Lipinski definition) is 5. The van der Waals surface area contributed by atoms with Gasteiger partial charge in [-0.3, -0.25) is 0 Å². The summed E-state index contributed by atoms with van der Waals surface area (Å²) in [4.78, 5) is 6.42. The molecular weight excluding hydrogens is 300 g/mol. The van der Waals surface area contributed by atoms with Crippen LogP contribution in [0.4, 0.5) is 0 Å². The average Bonchev–Trinajstić information content (AvgIpc) is 3.22. The van der Waals surface area contributed by atoms with E-state index in [4.69, 9.17) is 0 Å². The molecule has 0 unspecified atom stereocenters. The summed E-state index contributed by atoms with van der Waals surface area (Å²) in [6.45, 7) is 0. The number of thiophene rings is 1. The number of nitriles is 1. The first-order valence-corrected chi connectivity index (χ1v) is 7.95. The Balaban J connectivity index is 1.92. The third-order valence-electron chi connectivity index (χ3n) is 3.09. The van der Waals surface area contributed by atoms with E-state index in [1.165, 1.54) is 11.3 Å². The molecule has 6 heteroatoms. The van der Waals surface area contributed by atoms with E-state index in [0.717, 1.165) is 20.4 Å². The molecule has 4 rings (SSSR count). The van der Waals surface area contributed by atoms with Crippen LogP contribution in [0.3, 0.4) is 0 Å². The Morgan fingerprint density at radius 3 is 2.67 bits per heavy atom. The quantitative estimate of drug-likeness (QED) is 0.561. The lowest BCUT2D eigenvalue weighted by Crippen LogP contribution is -1.90. The maximum absolute atomic E-state index is 9.46. The molecule has 0 amide bonds. The lowest BCUT2D eigenvalue weighted by molar-refractivity contribution is 0.962. The third-order valence-corrected chi connectivity index (χ3v) is 5.04. The Hall–Kier alpha value is -2.49. The first-order chi connectivity index (χ1) is 10.4. The van der Waals surface area contributed by atoms with E-state index in [0.29, 0.717) is 11.4 Å². The van der Waals surface area contributed by atoms with E-state index < -0.39 is 0 Å². The van der Waals surface area contributed by atoms with E-state index in [1.807, 2.05) is 47.8 Å². The van der Waals surface area contributed by atoms with E-state index >= 15 is 0 Å². The van der Waals surface area contributed by atoms with Crippen LogP contribution in [0.2, 0.25) is 0 Å². The van der Waals surface area contributed by atoms with Crippen LogP contribution in [-0.4, -0.2) is 14.6 Å². The van der Waals surface area contributed by atoms with Crippen molar-refractivity contribution in [3.8, 4) is 27.2 Å². The Labute approximate surface area is 128 Å². The first-order valence-electron chi connectivity index (χ1n) is 6.26. The molecule has 0 aliphatic heterocycles. The summed E-state index contributed by atoms with van der Waals surface area (Å²) in [7, 11) is 0. The van der Waals surface area contributed by atoms with Crippen molar-refractivity contribution in [3.05, 3.63) is 53.5 Å². The minimum atomic E-state index is 0.482. The summed E-state index contributed by atoms with van der Waals surface area (Å²) in [6, 6.07) is 16.0. The number of hydrogen-bond donors (Lipinski definition) is 0. The van der Waals surface area contributed by atoms with Crippen molar-refractivity contribution < 1.29 is 0 Å². The Bertz CT molecular complexity index is 943. The molecule has 0 aliphatic carbocycles. The zero-order chi connectivity index (χ0) is 14.2. The number of aromatic nitrogens is 3. The Morgan fingerprint density at radius 1 is 1.10 bits per heavy atom. The highest BCUT2D eigenvalue weighted by Crippen LogP contribution is 2.32. The summed E-state index contributed by atoms with van der Waals surface area (Å²) < 4.78 is 1.64. The van der Waals surface area contributed by atoms with Gasteiger partial charge in [-0.1, -0.05) is 47.7 Å². The second-order valence-corrected chi connectivity index (χ2v) is 6.27. The molecular formula is C15H8N4S2. The molecule has 4 aromatic rings. The highest BCUT2D eigenvalue weighted by molar-refractivity contribution is 7.23. The van der Waals surface area contributed by atoms with Crippen LogP contribution in [0.25, 0.3) is 26.1 Å². The van der Waals surface area contributed by atoms with Gasteiger partial charge in [0, 0.05) is 5.56 Å². The molecule has 0 saturated heterocycles. The number of nitrogens with zero attached hydrogens (tertiary/aromatic N) is 4. The van der Waals surface area contributed by atoms with Crippen molar-refractivity contribution in [2.24, 2.45) is 0 Å². The Morgan fingerprint density at radius 2 is 1.95 bits per heavy atom. The van der Waals surface area contributed by atoms with Crippen LogP contribution < -0.4 is 0 Å². The van der Waals surface area contributed by atoms with Crippen LogP contribution in [0.5, 0.6) is 0 Å². The molecule has 0 atom stereocenters. The molecule has 0 aliphatic rings. The van der Waals surface area contributed by atoms with Crippen LogP contribution in [0.1, 0.15) is 5.69 Å². The fraction of sp³-hybridized carbons (Fsp3) is 0. The summed E-state index contributed by atoms with van der Waals surface area (Å²) in [6.07, 6.45) is 0. The number of imidazole rings is 1. The molecule has 100 valence electrons. The molecule has 0 spiro atoms. The summed E-state index contributed by atoms with van der Waals surface area (Å²) >= 11 is 3.13. The molecule has 1 aromatic carbocycles. The second-order valence-electron chi connectivity index (χ2n) is 4.37. The van der Waals surface area contributed by atoms with E-state index in [2.05, 4.69) is 16.2 Å². The van der Waals surface area contributed by atoms with Gasteiger partial charge in [0.05, 0.1) is 4.88 Å². The van der Waals surface area contributed by atoms with Crippen molar-refractivity contribution in [1.29, 1.82) is 5.26 Å². The predicted octanol–water partition coefficient (Wildman–Crippen LogP) is 4.06. The summed E-state index contributed by atoms with van der Waals surface area (Å²) in [5.74, 6) is 0. The van der Waals surface area contributed by atoms with E-state index in [-0.39, 0.29) is 0 Å². The molecule has 3 heterocycles. The van der Waals surface area contributed by atoms with Gasteiger partial charge in [0.15, 0.2) is 10.7 Å². The average molecular weight is 308 g/mol. The molecule has 0 bridgehead atoms. The van der Waals surface area contributed by atoms with Gasteiger partial charge in [0.25, 0.3) is 0 Å². The zero-order valence-electron chi connectivity index (χ0n) is 10.7. The van der Waals surface area contributed by atoms with Crippen LogP contribution in [-0.2, 0) is 0 Å². The maximum Gasteiger partial charge on any atom is 0.214 e. The van der Waals surface area contributed by atoms with Crippen molar-refractivity contribution in [2.45, 2.75) is 0 Å². The van der Waals surface area contributed by atoms with Gasteiger partial charge in [0.2, 0.25) is 4.96 Å². The van der Waals surface area contributed by atoms with Gasteiger partial charge >= 0.3 is 0 Å². The van der Waals surface area contributed by atoms with Gasteiger partial charge < -0.3 is 0 Å². The molecule has 0 N–H and O–H groups in total. The van der Waals surface area contributed by atoms with Gasteiger partial charge in [0.1, 0.15) is 11.8 Å². The SMILES string of the molecule is N#Cc1c(-c2ccccc2)nc2sc(-c3cccs3)nn12. The largest absolute Gasteiger partial charge is 0.216 e. The van der Waals surface area contributed by atoms with Crippen LogP contribution in [0.15, 0.2) is 47.8 Å².